The number of aryl methyl sites for hydroxylation is 1. The van der Waals surface area contributed by atoms with Gasteiger partial charge in [-0.2, -0.15) is 0 Å². The molecule has 0 amide bonds. The Morgan fingerprint density at radius 1 is 1.25 bits per heavy atom. The quantitative estimate of drug-likeness (QED) is 0.649. The molecule has 0 bridgehead atoms. The third-order valence-electron chi connectivity index (χ3n) is 4.42. The summed E-state index contributed by atoms with van der Waals surface area (Å²) in [5, 5.41) is 14.5. The zero-order valence-corrected chi connectivity index (χ0v) is 12.6. The number of hydrogen-bond donors (Lipinski definition) is 1. The predicted octanol–water partition coefficient (Wildman–Crippen LogP) is 4.53. The first kappa shape index (κ1) is 14.8. The molecule has 0 saturated heterocycles. The van der Waals surface area contributed by atoms with Crippen LogP contribution < -0.4 is 5.32 Å². The Balaban J connectivity index is 2.03. The molecule has 1 aromatic carbocycles. The minimum absolute atomic E-state index is 0.191. The van der Waals surface area contributed by atoms with Crippen molar-refractivity contribution in [2.75, 3.05) is 5.32 Å². The molecule has 4 heteroatoms. The average Bonchev–Trinajstić information content (AvgIpc) is 2.41. The lowest BCUT2D eigenvalue weighted by Gasteiger charge is -2.31. The van der Waals surface area contributed by atoms with E-state index >= 15 is 0 Å². The van der Waals surface area contributed by atoms with Gasteiger partial charge in [0.1, 0.15) is 5.69 Å². The highest BCUT2D eigenvalue weighted by Crippen LogP contribution is 2.33. The van der Waals surface area contributed by atoms with Crippen LogP contribution in [0.3, 0.4) is 0 Å². The Bertz CT molecular complexity index is 477. The summed E-state index contributed by atoms with van der Waals surface area (Å²) < 4.78 is 0. The molecule has 110 valence electrons. The van der Waals surface area contributed by atoms with Crippen LogP contribution in [0.5, 0.6) is 0 Å². The van der Waals surface area contributed by atoms with Gasteiger partial charge >= 0.3 is 0 Å². The molecule has 4 nitrogen and oxygen atoms in total. The van der Waals surface area contributed by atoms with E-state index in [4.69, 9.17) is 0 Å². The van der Waals surface area contributed by atoms with E-state index in [1.807, 2.05) is 19.1 Å². The van der Waals surface area contributed by atoms with Crippen LogP contribution in [0.1, 0.15) is 45.1 Å². The normalized spacial score (nSPS) is 22.8. The zero-order valence-electron chi connectivity index (χ0n) is 12.6. The first-order chi connectivity index (χ1) is 9.47. The van der Waals surface area contributed by atoms with E-state index < -0.39 is 0 Å². The van der Waals surface area contributed by atoms with Crippen LogP contribution >= 0.6 is 0 Å². The van der Waals surface area contributed by atoms with Crippen molar-refractivity contribution in [3.8, 4) is 0 Å². The molecule has 0 aromatic heterocycles. The smallest absolute Gasteiger partial charge is 0.292 e. The average molecular weight is 276 g/mol. The molecule has 1 aliphatic rings. The first-order valence-electron chi connectivity index (χ1n) is 7.49. The minimum Gasteiger partial charge on any atom is -0.377 e. The second kappa shape index (κ2) is 6.25. The summed E-state index contributed by atoms with van der Waals surface area (Å²) in [6.45, 7) is 6.44. The fraction of sp³-hybridized carbons (Fsp3) is 0.625. The Kier molecular flexibility index (Phi) is 4.63. The molecule has 0 radical (unpaired) electrons. The van der Waals surface area contributed by atoms with Gasteiger partial charge in [-0.05, 0) is 56.1 Å². The van der Waals surface area contributed by atoms with E-state index in [0.717, 1.165) is 30.2 Å². The van der Waals surface area contributed by atoms with Gasteiger partial charge in [0.2, 0.25) is 0 Å². The molecule has 1 saturated carbocycles. The lowest BCUT2D eigenvalue weighted by Crippen LogP contribution is -2.28. The van der Waals surface area contributed by atoms with Crippen LogP contribution in [-0.2, 0) is 0 Å². The van der Waals surface area contributed by atoms with Crippen LogP contribution in [0.4, 0.5) is 11.4 Å². The van der Waals surface area contributed by atoms with Crippen molar-refractivity contribution in [1.82, 2.24) is 0 Å². The summed E-state index contributed by atoms with van der Waals surface area (Å²) >= 11 is 0. The van der Waals surface area contributed by atoms with E-state index in [1.165, 1.54) is 12.8 Å². The van der Waals surface area contributed by atoms with Gasteiger partial charge in [-0.3, -0.25) is 10.1 Å². The fourth-order valence-electron chi connectivity index (χ4n) is 3.06. The summed E-state index contributed by atoms with van der Waals surface area (Å²) in [5.74, 6) is 1.55. The Morgan fingerprint density at radius 3 is 2.45 bits per heavy atom. The Morgan fingerprint density at radius 2 is 1.90 bits per heavy atom. The maximum Gasteiger partial charge on any atom is 0.292 e. The summed E-state index contributed by atoms with van der Waals surface area (Å²) in [6.07, 6.45) is 4.64. The number of anilines is 1. The lowest BCUT2D eigenvalue weighted by molar-refractivity contribution is -0.384. The second-order valence-corrected chi connectivity index (χ2v) is 6.28. The van der Waals surface area contributed by atoms with Crippen LogP contribution in [-0.4, -0.2) is 11.0 Å². The third-order valence-corrected chi connectivity index (χ3v) is 4.42. The second-order valence-electron chi connectivity index (χ2n) is 6.28. The molecule has 1 aromatic rings. The molecule has 1 N–H and O–H groups in total. The minimum atomic E-state index is -0.297. The predicted molar refractivity (Wildman–Crippen MR) is 82.0 cm³/mol. The zero-order chi connectivity index (χ0) is 14.7. The molecule has 0 spiro atoms. The number of benzene rings is 1. The van der Waals surface area contributed by atoms with Gasteiger partial charge in [0, 0.05) is 12.1 Å². The van der Waals surface area contributed by atoms with E-state index in [-0.39, 0.29) is 10.6 Å². The molecule has 0 aliphatic heterocycles. The summed E-state index contributed by atoms with van der Waals surface area (Å²) in [6, 6.07) is 5.77. The number of rotatable bonds is 4. The molecule has 20 heavy (non-hydrogen) atoms. The highest BCUT2D eigenvalue weighted by molar-refractivity contribution is 5.63. The highest BCUT2D eigenvalue weighted by atomic mass is 16.6. The molecular weight excluding hydrogens is 252 g/mol. The fourth-order valence-corrected chi connectivity index (χ4v) is 3.06. The molecule has 0 unspecified atom stereocenters. The number of nitrogens with zero attached hydrogens (tertiary/aromatic N) is 1. The molecular formula is C16H24N2O2. The van der Waals surface area contributed by atoms with Gasteiger partial charge < -0.3 is 5.32 Å². The first-order valence-corrected chi connectivity index (χ1v) is 7.49. The van der Waals surface area contributed by atoms with Crippen molar-refractivity contribution in [3.05, 3.63) is 33.9 Å². The van der Waals surface area contributed by atoms with Gasteiger partial charge in [-0.1, -0.05) is 19.9 Å². The van der Waals surface area contributed by atoms with Crippen molar-refractivity contribution < 1.29 is 4.92 Å². The van der Waals surface area contributed by atoms with Gasteiger partial charge in [0.25, 0.3) is 5.69 Å². The molecule has 0 heterocycles. The summed E-state index contributed by atoms with van der Waals surface area (Å²) in [4.78, 5) is 10.8. The monoisotopic (exact) mass is 276 g/mol. The van der Waals surface area contributed by atoms with E-state index in [0.29, 0.717) is 11.7 Å². The van der Waals surface area contributed by atoms with Gasteiger partial charge in [-0.25, -0.2) is 0 Å². The van der Waals surface area contributed by atoms with Crippen LogP contribution in [0.25, 0.3) is 0 Å². The Hall–Kier alpha value is -1.58. The number of nitrogens with one attached hydrogen (secondary N) is 1. The largest absolute Gasteiger partial charge is 0.377 e. The number of hydrogen-bond acceptors (Lipinski definition) is 3. The van der Waals surface area contributed by atoms with Crippen molar-refractivity contribution >= 4 is 11.4 Å². The van der Waals surface area contributed by atoms with E-state index in [9.17, 15) is 10.1 Å². The topological polar surface area (TPSA) is 55.2 Å². The van der Waals surface area contributed by atoms with Crippen molar-refractivity contribution in [2.45, 2.75) is 52.5 Å². The SMILES string of the molecule is Cc1ccc(NC2CCC(C(C)C)CC2)c([N+](=O)[O-])c1. The molecule has 1 fully saturated rings. The molecule has 2 rings (SSSR count). The lowest BCUT2D eigenvalue weighted by atomic mass is 9.79. The molecule has 0 atom stereocenters. The number of nitro groups is 1. The third kappa shape index (κ3) is 3.50. The summed E-state index contributed by atoms with van der Waals surface area (Å²) in [7, 11) is 0. The summed E-state index contributed by atoms with van der Waals surface area (Å²) in [5.41, 5.74) is 1.77. The van der Waals surface area contributed by atoms with Crippen LogP contribution in [0.15, 0.2) is 18.2 Å². The van der Waals surface area contributed by atoms with Crippen LogP contribution in [0, 0.1) is 28.9 Å². The van der Waals surface area contributed by atoms with E-state index in [1.54, 1.807) is 6.07 Å². The molecule has 1 aliphatic carbocycles. The van der Waals surface area contributed by atoms with Gasteiger partial charge in [-0.15, -0.1) is 0 Å². The van der Waals surface area contributed by atoms with Crippen molar-refractivity contribution in [3.63, 3.8) is 0 Å². The maximum absolute atomic E-state index is 11.1. The standard InChI is InChI=1S/C16H24N2O2/c1-11(2)13-5-7-14(8-6-13)17-15-9-4-12(3)10-16(15)18(19)20/h4,9-11,13-14,17H,5-8H2,1-3H3. The Labute approximate surface area is 120 Å². The van der Waals surface area contributed by atoms with Crippen LogP contribution in [0.2, 0.25) is 0 Å². The highest BCUT2D eigenvalue weighted by Gasteiger charge is 2.24. The van der Waals surface area contributed by atoms with Gasteiger partial charge in [0.05, 0.1) is 4.92 Å². The van der Waals surface area contributed by atoms with Gasteiger partial charge in [0.15, 0.2) is 0 Å². The number of nitro benzene ring substituents is 1. The maximum atomic E-state index is 11.1. The van der Waals surface area contributed by atoms with E-state index in [2.05, 4.69) is 19.2 Å². The van der Waals surface area contributed by atoms with Crippen molar-refractivity contribution in [2.24, 2.45) is 11.8 Å². The van der Waals surface area contributed by atoms with Crippen molar-refractivity contribution in [1.29, 1.82) is 0 Å².